The van der Waals surface area contributed by atoms with E-state index in [2.05, 4.69) is 38.8 Å². The summed E-state index contributed by atoms with van der Waals surface area (Å²) in [5, 5.41) is 1.19. The molecule has 0 aromatic heterocycles. The van der Waals surface area contributed by atoms with Crippen molar-refractivity contribution in [2.75, 3.05) is 5.33 Å². The van der Waals surface area contributed by atoms with Crippen molar-refractivity contribution in [3.63, 3.8) is 0 Å². The molecule has 1 aliphatic rings. The molecule has 2 heteroatoms. The lowest BCUT2D eigenvalue weighted by atomic mass is 9.79. The first-order valence-electron chi connectivity index (χ1n) is 5.49. The Hall–Kier alpha value is 0.960. The predicted molar refractivity (Wildman–Crippen MR) is 66.9 cm³/mol. The highest BCUT2D eigenvalue weighted by Gasteiger charge is 2.28. The van der Waals surface area contributed by atoms with Crippen LogP contribution in [0.15, 0.2) is 0 Å². The molecule has 1 saturated carbocycles. The summed E-state index contributed by atoms with van der Waals surface area (Å²) in [6.07, 6.45) is 8.40. The maximum absolute atomic E-state index is 3.85. The second-order valence-corrected chi connectivity index (χ2v) is 5.99. The monoisotopic (exact) mass is 310 g/mol. The minimum Gasteiger partial charge on any atom is -0.0925 e. The molecule has 0 bridgehead atoms. The first-order chi connectivity index (χ1) is 6.29. The van der Waals surface area contributed by atoms with Crippen LogP contribution < -0.4 is 0 Å². The first-order valence-corrected chi connectivity index (χ1v) is 7.53. The van der Waals surface area contributed by atoms with E-state index in [0.717, 1.165) is 16.7 Å². The van der Waals surface area contributed by atoms with Crippen LogP contribution in [0.1, 0.15) is 45.4 Å². The van der Waals surface area contributed by atoms with Crippen LogP contribution in [-0.4, -0.2) is 10.2 Å². The lowest BCUT2D eigenvalue weighted by Gasteiger charge is -2.33. The Labute approximate surface area is 99.1 Å². The summed E-state index contributed by atoms with van der Waals surface area (Å²) in [7, 11) is 0. The predicted octanol–water partition coefficient (Wildman–Crippen LogP) is 4.75. The standard InChI is InChI=1S/C11H20Br2/c1-2-5-9(8-12)10-6-3-4-7-11(10)13/h9-11H,2-8H2,1H3. The van der Waals surface area contributed by atoms with Crippen LogP contribution >= 0.6 is 31.9 Å². The molecular weight excluding hydrogens is 292 g/mol. The number of hydrogen-bond acceptors (Lipinski definition) is 0. The van der Waals surface area contributed by atoms with Crippen molar-refractivity contribution in [3.8, 4) is 0 Å². The number of halogens is 2. The highest BCUT2D eigenvalue weighted by Crippen LogP contribution is 2.37. The summed E-state index contributed by atoms with van der Waals surface area (Å²) < 4.78 is 0. The van der Waals surface area contributed by atoms with E-state index in [1.54, 1.807) is 0 Å². The third-order valence-electron chi connectivity index (χ3n) is 3.20. The molecule has 0 heterocycles. The molecule has 0 N–H and O–H groups in total. The van der Waals surface area contributed by atoms with E-state index in [-0.39, 0.29) is 0 Å². The van der Waals surface area contributed by atoms with Crippen molar-refractivity contribution < 1.29 is 0 Å². The summed E-state index contributed by atoms with van der Waals surface area (Å²) in [5.41, 5.74) is 0. The van der Waals surface area contributed by atoms with Gasteiger partial charge >= 0.3 is 0 Å². The molecule has 0 spiro atoms. The second kappa shape index (κ2) is 6.44. The van der Waals surface area contributed by atoms with E-state index < -0.39 is 0 Å². The van der Waals surface area contributed by atoms with Gasteiger partial charge in [0, 0.05) is 10.2 Å². The Balaban J connectivity index is 2.44. The Morgan fingerprint density at radius 2 is 2.00 bits per heavy atom. The van der Waals surface area contributed by atoms with E-state index >= 15 is 0 Å². The Bertz CT molecular complexity index is 136. The van der Waals surface area contributed by atoms with Gasteiger partial charge in [0.15, 0.2) is 0 Å². The molecule has 0 saturated heterocycles. The van der Waals surface area contributed by atoms with Gasteiger partial charge in [-0.3, -0.25) is 0 Å². The molecule has 0 radical (unpaired) electrons. The van der Waals surface area contributed by atoms with Gasteiger partial charge in [0.2, 0.25) is 0 Å². The van der Waals surface area contributed by atoms with Gasteiger partial charge in [-0.15, -0.1) is 0 Å². The van der Waals surface area contributed by atoms with Crippen molar-refractivity contribution in [3.05, 3.63) is 0 Å². The lowest BCUT2D eigenvalue weighted by Crippen LogP contribution is -2.28. The zero-order chi connectivity index (χ0) is 9.68. The molecule has 0 aromatic carbocycles. The van der Waals surface area contributed by atoms with Gasteiger partial charge in [0.25, 0.3) is 0 Å². The molecule has 78 valence electrons. The zero-order valence-electron chi connectivity index (χ0n) is 8.44. The average Bonchev–Trinajstić information content (AvgIpc) is 2.16. The first kappa shape index (κ1) is 12.0. The number of alkyl halides is 2. The number of hydrogen-bond donors (Lipinski definition) is 0. The van der Waals surface area contributed by atoms with Gasteiger partial charge in [-0.1, -0.05) is 58.0 Å². The molecule has 0 aromatic rings. The van der Waals surface area contributed by atoms with Crippen molar-refractivity contribution in [2.24, 2.45) is 11.8 Å². The molecule has 1 fully saturated rings. The van der Waals surface area contributed by atoms with Crippen LogP contribution in [0.2, 0.25) is 0 Å². The summed E-state index contributed by atoms with van der Waals surface area (Å²) in [6.45, 7) is 2.29. The molecule has 1 aliphatic carbocycles. The van der Waals surface area contributed by atoms with Crippen LogP contribution in [0.3, 0.4) is 0 Å². The zero-order valence-corrected chi connectivity index (χ0v) is 11.6. The molecule has 0 nitrogen and oxygen atoms in total. The number of rotatable bonds is 4. The molecule has 0 aliphatic heterocycles. The topological polar surface area (TPSA) is 0 Å². The normalized spacial score (nSPS) is 31.6. The summed E-state index contributed by atoms with van der Waals surface area (Å²) in [4.78, 5) is 0.787. The minimum absolute atomic E-state index is 0.787. The Morgan fingerprint density at radius 1 is 1.31 bits per heavy atom. The van der Waals surface area contributed by atoms with Gasteiger partial charge < -0.3 is 0 Å². The fourth-order valence-electron chi connectivity index (χ4n) is 2.42. The maximum Gasteiger partial charge on any atom is 0.0177 e. The van der Waals surface area contributed by atoms with E-state index in [1.807, 2.05) is 0 Å². The highest BCUT2D eigenvalue weighted by atomic mass is 79.9. The van der Waals surface area contributed by atoms with Crippen LogP contribution in [0.5, 0.6) is 0 Å². The molecule has 3 atom stereocenters. The van der Waals surface area contributed by atoms with Gasteiger partial charge in [-0.05, 0) is 31.1 Å². The summed E-state index contributed by atoms with van der Waals surface area (Å²) in [6, 6.07) is 0. The van der Waals surface area contributed by atoms with Crippen molar-refractivity contribution >= 4 is 31.9 Å². The van der Waals surface area contributed by atoms with E-state index in [9.17, 15) is 0 Å². The average molecular weight is 312 g/mol. The second-order valence-electron chi connectivity index (χ2n) is 4.17. The summed E-state index contributed by atoms with van der Waals surface area (Å²) in [5.74, 6) is 1.82. The Morgan fingerprint density at radius 3 is 2.54 bits per heavy atom. The molecule has 3 unspecified atom stereocenters. The van der Waals surface area contributed by atoms with Crippen molar-refractivity contribution in [1.82, 2.24) is 0 Å². The van der Waals surface area contributed by atoms with E-state index in [1.165, 1.54) is 43.9 Å². The van der Waals surface area contributed by atoms with Crippen molar-refractivity contribution in [2.45, 2.75) is 50.3 Å². The molecular formula is C11H20Br2. The van der Waals surface area contributed by atoms with Crippen LogP contribution in [0, 0.1) is 11.8 Å². The smallest absolute Gasteiger partial charge is 0.0177 e. The van der Waals surface area contributed by atoms with Gasteiger partial charge in [0.05, 0.1) is 0 Å². The quantitative estimate of drug-likeness (QED) is 0.657. The lowest BCUT2D eigenvalue weighted by molar-refractivity contribution is 0.268. The van der Waals surface area contributed by atoms with Gasteiger partial charge in [-0.25, -0.2) is 0 Å². The van der Waals surface area contributed by atoms with Gasteiger partial charge in [0.1, 0.15) is 0 Å². The molecule has 1 rings (SSSR count). The van der Waals surface area contributed by atoms with E-state index in [4.69, 9.17) is 0 Å². The van der Waals surface area contributed by atoms with Crippen LogP contribution in [-0.2, 0) is 0 Å². The SMILES string of the molecule is CCCC(CBr)C1CCCCC1Br. The molecule has 13 heavy (non-hydrogen) atoms. The third kappa shape index (κ3) is 3.54. The fraction of sp³-hybridized carbons (Fsp3) is 1.00. The third-order valence-corrected chi connectivity index (χ3v) is 5.16. The minimum atomic E-state index is 0.787. The summed E-state index contributed by atoms with van der Waals surface area (Å²) >= 11 is 7.50. The maximum atomic E-state index is 3.85. The Kier molecular flexibility index (Phi) is 5.96. The van der Waals surface area contributed by atoms with Crippen molar-refractivity contribution in [1.29, 1.82) is 0 Å². The van der Waals surface area contributed by atoms with Gasteiger partial charge in [-0.2, -0.15) is 0 Å². The molecule has 0 amide bonds. The highest BCUT2D eigenvalue weighted by molar-refractivity contribution is 9.09. The van der Waals surface area contributed by atoms with Crippen LogP contribution in [0.4, 0.5) is 0 Å². The van der Waals surface area contributed by atoms with Crippen LogP contribution in [0.25, 0.3) is 0 Å². The fourth-order valence-corrected chi connectivity index (χ4v) is 4.25. The van der Waals surface area contributed by atoms with E-state index in [0.29, 0.717) is 0 Å². The largest absolute Gasteiger partial charge is 0.0925 e.